The van der Waals surface area contributed by atoms with Crippen LogP contribution >= 0.6 is 0 Å². The van der Waals surface area contributed by atoms with Crippen molar-refractivity contribution in [1.82, 2.24) is 10.0 Å². The topological polar surface area (TPSA) is 75.3 Å². The average molecular weight is 310 g/mol. The van der Waals surface area contributed by atoms with Crippen LogP contribution < -0.4 is 10.0 Å². The molecule has 112 valence electrons. The largest absolute Gasteiger partial charge is 0.351 e. The number of sulfonamides is 1. The molecular weight excluding hydrogens is 297 g/mol. The maximum absolute atomic E-state index is 13.3. The minimum Gasteiger partial charge on any atom is -0.351 e. The number of halogens is 3. The van der Waals surface area contributed by atoms with Gasteiger partial charge in [-0.2, -0.15) is 0 Å². The second-order valence-corrected chi connectivity index (χ2v) is 5.72. The summed E-state index contributed by atoms with van der Waals surface area (Å²) in [7, 11) is -3.53. The molecule has 0 atom stereocenters. The Morgan fingerprint density at radius 3 is 2.45 bits per heavy atom. The quantitative estimate of drug-likeness (QED) is 0.762. The zero-order valence-corrected chi connectivity index (χ0v) is 11.4. The molecule has 1 rings (SSSR count). The standard InChI is InChI=1S/C11H13F3N2O3S/c1-2-16-20(18,19)6-5-15-11(17)7-3-4-8(12)10(14)9(7)13/h3-4,16H,2,5-6H2,1H3,(H,15,17). The fourth-order valence-corrected chi connectivity index (χ4v) is 2.34. The highest BCUT2D eigenvalue weighted by atomic mass is 32.2. The van der Waals surface area contributed by atoms with Gasteiger partial charge in [-0.25, -0.2) is 26.3 Å². The van der Waals surface area contributed by atoms with Crippen LogP contribution in [0.3, 0.4) is 0 Å². The van der Waals surface area contributed by atoms with Crippen LogP contribution in [0.1, 0.15) is 17.3 Å². The Hall–Kier alpha value is -1.61. The second-order valence-electron chi connectivity index (χ2n) is 3.80. The van der Waals surface area contributed by atoms with Crippen LogP contribution in [0.2, 0.25) is 0 Å². The highest BCUT2D eigenvalue weighted by molar-refractivity contribution is 7.89. The van der Waals surface area contributed by atoms with Crippen molar-refractivity contribution in [3.63, 3.8) is 0 Å². The first-order chi connectivity index (χ1) is 9.28. The van der Waals surface area contributed by atoms with Gasteiger partial charge >= 0.3 is 0 Å². The van der Waals surface area contributed by atoms with E-state index < -0.39 is 44.7 Å². The first-order valence-corrected chi connectivity index (χ1v) is 7.32. The van der Waals surface area contributed by atoms with Gasteiger partial charge < -0.3 is 5.32 Å². The summed E-state index contributed by atoms with van der Waals surface area (Å²) in [6.07, 6.45) is 0. The van der Waals surface area contributed by atoms with E-state index in [2.05, 4.69) is 10.0 Å². The molecule has 9 heteroatoms. The van der Waals surface area contributed by atoms with Gasteiger partial charge in [-0.15, -0.1) is 0 Å². The fourth-order valence-electron chi connectivity index (χ4n) is 1.39. The van der Waals surface area contributed by atoms with E-state index in [-0.39, 0.29) is 13.1 Å². The Labute approximate surface area is 114 Å². The second kappa shape index (κ2) is 6.71. The van der Waals surface area contributed by atoms with E-state index in [1.165, 1.54) is 0 Å². The van der Waals surface area contributed by atoms with Crippen LogP contribution in [-0.4, -0.2) is 33.2 Å². The van der Waals surface area contributed by atoms with Crippen molar-refractivity contribution < 1.29 is 26.4 Å². The van der Waals surface area contributed by atoms with Crippen LogP contribution in [0.4, 0.5) is 13.2 Å². The SMILES string of the molecule is CCNS(=O)(=O)CCNC(=O)c1ccc(F)c(F)c1F. The van der Waals surface area contributed by atoms with Crippen molar-refractivity contribution in [3.05, 3.63) is 35.1 Å². The number of amides is 1. The van der Waals surface area contributed by atoms with Gasteiger partial charge in [-0.3, -0.25) is 4.79 Å². The molecule has 5 nitrogen and oxygen atoms in total. The van der Waals surface area contributed by atoms with Gasteiger partial charge in [0.15, 0.2) is 17.5 Å². The maximum Gasteiger partial charge on any atom is 0.254 e. The zero-order chi connectivity index (χ0) is 15.3. The van der Waals surface area contributed by atoms with E-state index in [1.807, 2.05) is 0 Å². The lowest BCUT2D eigenvalue weighted by molar-refractivity contribution is 0.0951. The van der Waals surface area contributed by atoms with Crippen LogP contribution in [0.15, 0.2) is 12.1 Å². The summed E-state index contributed by atoms with van der Waals surface area (Å²) in [5.41, 5.74) is -0.690. The molecule has 0 bridgehead atoms. The van der Waals surface area contributed by atoms with Gasteiger partial charge in [0.05, 0.1) is 11.3 Å². The maximum atomic E-state index is 13.3. The first-order valence-electron chi connectivity index (χ1n) is 5.67. The minimum absolute atomic E-state index is 0.202. The third-order valence-corrected chi connectivity index (χ3v) is 3.77. The van der Waals surface area contributed by atoms with Gasteiger partial charge in [-0.1, -0.05) is 6.92 Å². The molecule has 0 saturated heterocycles. The van der Waals surface area contributed by atoms with Gasteiger partial charge in [0, 0.05) is 13.1 Å². The van der Waals surface area contributed by atoms with E-state index in [9.17, 15) is 26.4 Å². The van der Waals surface area contributed by atoms with Gasteiger partial charge in [0.1, 0.15) is 0 Å². The molecular formula is C11H13F3N2O3S. The summed E-state index contributed by atoms with van der Waals surface area (Å²) in [6, 6.07) is 1.39. The van der Waals surface area contributed by atoms with Crippen molar-refractivity contribution in [2.75, 3.05) is 18.8 Å². The lowest BCUT2D eigenvalue weighted by atomic mass is 10.2. The summed E-state index contributed by atoms with van der Waals surface area (Å²) in [6.45, 7) is 1.51. The molecule has 20 heavy (non-hydrogen) atoms. The highest BCUT2D eigenvalue weighted by Crippen LogP contribution is 2.14. The summed E-state index contributed by atoms with van der Waals surface area (Å²) in [5.74, 6) is -6.20. The lowest BCUT2D eigenvalue weighted by Gasteiger charge is -2.07. The molecule has 2 N–H and O–H groups in total. The van der Waals surface area contributed by atoms with E-state index in [0.717, 1.165) is 6.07 Å². The number of carbonyl (C=O) groups is 1. The zero-order valence-electron chi connectivity index (χ0n) is 10.5. The van der Waals surface area contributed by atoms with Gasteiger partial charge in [-0.05, 0) is 12.1 Å². The van der Waals surface area contributed by atoms with Crippen molar-refractivity contribution >= 4 is 15.9 Å². The molecule has 1 amide bonds. The number of hydrogen-bond acceptors (Lipinski definition) is 3. The Morgan fingerprint density at radius 2 is 1.85 bits per heavy atom. The molecule has 0 unspecified atom stereocenters. The highest BCUT2D eigenvalue weighted by Gasteiger charge is 2.19. The number of nitrogens with one attached hydrogen (secondary N) is 2. The normalized spacial score (nSPS) is 11.4. The Kier molecular flexibility index (Phi) is 5.52. The molecule has 0 saturated carbocycles. The van der Waals surface area contributed by atoms with E-state index in [4.69, 9.17) is 0 Å². The molecule has 0 aromatic heterocycles. The summed E-state index contributed by atoms with van der Waals surface area (Å²) < 4.78 is 63.6. The van der Waals surface area contributed by atoms with Crippen LogP contribution in [0.25, 0.3) is 0 Å². The average Bonchev–Trinajstić information content (AvgIpc) is 2.35. The van der Waals surface area contributed by atoms with Crippen LogP contribution in [-0.2, 0) is 10.0 Å². The summed E-state index contributed by atoms with van der Waals surface area (Å²) in [4.78, 5) is 11.5. The third kappa shape index (κ3) is 4.20. The summed E-state index contributed by atoms with van der Waals surface area (Å²) in [5, 5.41) is 2.11. The molecule has 0 aliphatic rings. The van der Waals surface area contributed by atoms with Gasteiger partial charge in [0.2, 0.25) is 10.0 Å². The van der Waals surface area contributed by atoms with Crippen molar-refractivity contribution in [2.45, 2.75) is 6.92 Å². The van der Waals surface area contributed by atoms with E-state index in [1.54, 1.807) is 6.92 Å². The molecule has 0 aliphatic heterocycles. The van der Waals surface area contributed by atoms with Crippen LogP contribution in [0.5, 0.6) is 0 Å². The molecule has 1 aromatic carbocycles. The lowest BCUT2D eigenvalue weighted by Crippen LogP contribution is -2.34. The smallest absolute Gasteiger partial charge is 0.254 e. The first kappa shape index (κ1) is 16.4. The number of benzene rings is 1. The van der Waals surface area contributed by atoms with Crippen molar-refractivity contribution in [1.29, 1.82) is 0 Å². The Balaban J connectivity index is 2.67. The number of carbonyl (C=O) groups excluding carboxylic acids is 1. The molecule has 0 aliphatic carbocycles. The Morgan fingerprint density at radius 1 is 1.20 bits per heavy atom. The van der Waals surface area contributed by atoms with Crippen molar-refractivity contribution in [3.8, 4) is 0 Å². The third-order valence-electron chi connectivity index (χ3n) is 2.30. The molecule has 1 aromatic rings. The summed E-state index contributed by atoms with van der Waals surface area (Å²) >= 11 is 0. The molecule has 0 heterocycles. The fraction of sp³-hybridized carbons (Fsp3) is 0.364. The predicted octanol–water partition coefficient (Wildman–Crippen LogP) is 0.773. The van der Waals surface area contributed by atoms with Crippen molar-refractivity contribution in [2.24, 2.45) is 0 Å². The molecule has 0 fully saturated rings. The van der Waals surface area contributed by atoms with E-state index >= 15 is 0 Å². The Bertz CT molecular complexity index is 605. The number of rotatable bonds is 6. The minimum atomic E-state index is -3.53. The molecule has 0 spiro atoms. The predicted molar refractivity (Wildman–Crippen MR) is 66.1 cm³/mol. The van der Waals surface area contributed by atoms with Gasteiger partial charge in [0.25, 0.3) is 5.91 Å². The van der Waals surface area contributed by atoms with E-state index in [0.29, 0.717) is 6.07 Å². The van der Waals surface area contributed by atoms with Crippen LogP contribution in [0, 0.1) is 17.5 Å². The number of hydrogen-bond donors (Lipinski definition) is 2. The monoisotopic (exact) mass is 310 g/mol. The molecule has 0 radical (unpaired) electrons.